The van der Waals surface area contributed by atoms with E-state index in [-0.39, 0.29) is 29.0 Å². The van der Waals surface area contributed by atoms with E-state index >= 15 is 0 Å². The largest absolute Gasteiger partial charge is 0.462 e. The van der Waals surface area contributed by atoms with Crippen molar-refractivity contribution in [3.8, 4) is 11.3 Å². The Labute approximate surface area is 194 Å². The van der Waals surface area contributed by atoms with Crippen LogP contribution in [-0.2, 0) is 4.74 Å². The predicted octanol–water partition coefficient (Wildman–Crippen LogP) is 5.61. The quantitative estimate of drug-likeness (QED) is 0.357. The molecule has 0 amide bonds. The van der Waals surface area contributed by atoms with Crippen molar-refractivity contribution in [1.29, 1.82) is 0 Å². The molecule has 0 radical (unpaired) electrons. The van der Waals surface area contributed by atoms with Crippen LogP contribution in [0.15, 0.2) is 57.7 Å². The number of ether oxygens (including phenoxy) is 1. The number of hydrogen-bond donors (Lipinski definition) is 0. The molecule has 32 heavy (non-hydrogen) atoms. The highest BCUT2D eigenvalue weighted by atomic mass is 35.5. The second-order valence-corrected chi connectivity index (χ2v) is 8.30. The zero-order chi connectivity index (χ0) is 21.8. The summed E-state index contributed by atoms with van der Waals surface area (Å²) in [5, 5.41) is 0.397. The third-order valence-electron chi connectivity index (χ3n) is 6.16. The lowest BCUT2D eigenvalue weighted by Gasteiger charge is -2.33. The molecule has 1 fully saturated rings. The maximum Gasteiger partial charge on any atom is 0.341 e. The van der Waals surface area contributed by atoms with Crippen molar-refractivity contribution in [1.82, 2.24) is 4.90 Å². The first kappa shape index (κ1) is 24.0. The van der Waals surface area contributed by atoms with Crippen molar-refractivity contribution in [3.63, 3.8) is 0 Å². The summed E-state index contributed by atoms with van der Waals surface area (Å²) in [7, 11) is 0. The molecule has 0 N–H and O–H groups in total. The molecule has 5 nitrogen and oxygen atoms in total. The van der Waals surface area contributed by atoms with Gasteiger partial charge in [-0.1, -0.05) is 42.8 Å². The van der Waals surface area contributed by atoms with Crippen LogP contribution in [0.5, 0.6) is 0 Å². The van der Waals surface area contributed by atoms with E-state index in [1.54, 1.807) is 25.1 Å². The number of likely N-dealkylation sites (tertiary alicyclic amines) is 1. The molecule has 170 valence electrons. The van der Waals surface area contributed by atoms with E-state index in [2.05, 4.69) is 11.8 Å². The number of piperidine rings is 1. The van der Waals surface area contributed by atoms with Gasteiger partial charge in [0.15, 0.2) is 11.0 Å². The van der Waals surface area contributed by atoms with Crippen molar-refractivity contribution in [2.75, 3.05) is 19.7 Å². The van der Waals surface area contributed by atoms with Gasteiger partial charge >= 0.3 is 5.97 Å². The molecular weight excluding hydrogens is 426 g/mol. The topological polar surface area (TPSA) is 59.8 Å². The van der Waals surface area contributed by atoms with Crippen molar-refractivity contribution < 1.29 is 13.9 Å². The van der Waals surface area contributed by atoms with Crippen LogP contribution in [0.25, 0.3) is 22.3 Å². The number of halogens is 1. The highest BCUT2D eigenvalue weighted by molar-refractivity contribution is 6.02. The summed E-state index contributed by atoms with van der Waals surface area (Å²) in [5.41, 5.74) is 1.77. The second-order valence-electron chi connectivity index (χ2n) is 8.30. The van der Waals surface area contributed by atoms with E-state index in [4.69, 9.17) is 9.15 Å². The molecule has 0 saturated carbocycles. The normalized spacial score (nSPS) is 16.5. The predicted molar refractivity (Wildman–Crippen MR) is 130 cm³/mol. The average molecular weight is 456 g/mol. The molecule has 6 heteroatoms. The third-order valence-corrected chi connectivity index (χ3v) is 6.16. The van der Waals surface area contributed by atoms with E-state index in [1.165, 1.54) is 19.3 Å². The standard InChI is InChI=1S/C26H29NO4.ClH/c1-18-10-6-7-15-27(18)16-9-17-30-26(29)22-14-8-13-21-23(28)19(2)24(31-25(21)22)20-11-4-3-5-12-20;/h3-5,8,11-14,18H,6-7,9-10,15-17H2,1-2H3;1H. The number of para-hydroxylation sites is 1. The van der Waals surface area contributed by atoms with Crippen LogP contribution >= 0.6 is 12.4 Å². The number of hydrogen-bond acceptors (Lipinski definition) is 5. The fourth-order valence-corrected chi connectivity index (χ4v) is 4.34. The van der Waals surface area contributed by atoms with Gasteiger partial charge in [-0.15, -0.1) is 12.4 Å². The summed E-state index contributed by atoms with van der Waals surface area (Å²) in [6.07, 6.45) is 4.56. The molecule has 2 aromatic carbocycles. The number of nitrogens with zero attached hydrogens (tertiary/aromatic N) is 1. The Balaban J connectivity index is 0.00000289. The van der Waals surface area contributed by atoms with E-state index in [9.17, 15) is 9.59 Å². The van der Waals surface area contributed by atoms with Crippen LogP contribution in [0.2, 0.25) is 0 Å². The molecule has 3 aromatic rings. The smallest absolute Gasteiger partial charge is 0.341 e. The van der Waals surface area contributed by atoms with Gasteiger partial charge in [0.25, 0.3) is 0 Å². The summed E-state index contributed by atoms with van der Waals surface area (Å²) >= 11 is 0. The van der Waals surface area contributed by atoms with Gasteiger partial charge in [0.1, 0.15) is 11.3 Å². The van der Waals surface area contributed by atoms with E-state index in [0.29, 0.717) is 29.4 Å². The summed E-state index contributed by atoms with van der Waals surface area (Å²) < 4.78 is 11.7. The fourth-order valence-electron chi connectivity index (χ4n) is 4.34. The first-order valence-electron chi connectivity index (χ1n) is 11.1. The molecular formula is C26H30ClNO4. The van der Waals surface area contributed by atoms with Gasteiger partial charge in [-0.05, 0) is 51.8 Å². The van der Waals surface area contributed by atoms with Gasteiger partial charge in [-0.25, -0.2) is 4.79 Å². The molecule has 1 atom stereocenters. The van der Waals surface area contributed by atoms with Crippen LogP contribution in [0, 0.1) is 6.92 Å². The molecule has 2 heterocycles. The monoisotopic (exact) mass is 455 g/mol. The van der Waals surface area contributed by atoms with Gasteiger partial charge in [-0.3, -0.25) is 4.79 Å². The van der Waals surface area contributed by atoms with Crippen LogP contribution in [0.3, 0.4) is 0 Å². The molecule has 1 aromatic heterocycles. The molecule has 1 unspecified atom stereocenters. The van der Waals surface area contributed by atoms with Crippen molar-refractivity contribution in [2.24, 2.45) is 0 Å². The lowest BCUT2D eigenvalue weighted by molar-refractivity contribution is 0.0476. The fraction of sp³-hybridized carbons (Fsp3) is 0.385. The molecule has 4 rings (SSSR count). The number of fused-ring (bicyclic) bond motifs is 1. The maximum absolute atomic E-state index is 12.9. The van der Waals surface area contributed by atoms with Gasteiger partial charge in [-0.2, -0.15) is 0 Å². The molecule has 0 spiro atoms. The Morgan fingerprint density at radius 1 is 1.12 bits per heavy atom. The SMILES string of the molecule is Cc1c(-c2ccccc2)oc2c(C(=O)OCCCN3CCCCC3C)cccc2c1=O.Cl. The van der Waals surface area contributed by atoms with Gasteiger partial charge < -0.3 is 14.1 Å². The number of rotatable bonds is 6. The van der Waals surface area contributed by atoms with Crippen molar-refractivity contribution >= 4 is 29.3 Å². The van der Waals surface area contributed by atoms with E-state index < -0.39 is 5.97 Å². The minimum absolute atomic E-state index is 0. The summed E-state index contributed by atoms with van der Waals surface area (Å²) in [4.78, 5) is 28.2. The highest BCUT2D eigenvalue weighted by Gasteiger charge is 2.20. The molecule has 1 saturated heterocycles. The highest BCUT2D eigenvalue weighted by Crippen LogP contribution is 2.27. The maximum atomic E-state index is 12.9. The Bertz CT molecular complexity index is 1130. The first-order valence-corrected chi connectivity index (χ1v) is 11.1. The Morgan fingerprint density at radius 2 is 1.91 bits per heavy atom. The Kier molecular flexibility index (Phi) is 8.10. The number of benzene rings is 2. The molecule has 0 aliphatic carbocycles. The third kappa shape index (κ3) is 5.05. The van der Waals surface area contributed by atoms with E-state index in [0.717, 1.165) is 25.1 Å². The average Bonchev–Trinajstić information content (AvgIpc) is 2.80. The number of carbonyl (C=O) groups excluding carboxylic acids is 1. The minimum Gasteiger partial charge on any atom is -0.462 e. The summed E-state index contributed by atoms with van der Waals surface area (Å²) in [5.74, 6) is 0.0285. The molecule has 1 aliphatic rings. The Morgan fingerprint density at radius 3 is 2.66 bits per heavy atom. The summed E-state index contributed by atoms with van der Waals surface area (Å²) in [6, 6.07) is 15.1. The zero-order valence-electron chi connectivity index (χ0n) is 18.6. The van der Waals surface area contributed by atoms with Crippen LogP contribution in [0.1, 0.15) is 48.5 Å². The second kappa shape index (κ2) is 10.8. The van der Waals surface area contributed by atoms with Crippen LogP contribution in [0.4, 0.5) is 0 Å². The van der Waals surface area contributed by atoms with Gasteiger partial charge in [0.2, 0.25) is 0 Å². The van der Waals surface area contributed by atoms with Crippen LogP contribution in [-0.4, -0.2) is 36.6 Å². The number of carbonyl (C=O) groups is 1. The first-order chi connectivity index (χ1) is 15.1. The van der Waals surface area contributed by atoms with Gasteiger partial charge in [0, 0.05) is 23.7 Å². The molecule has 0 bridgehead atoms. The molecule has 1 aliphatic heterocycles. The lowest BCUT2D eigenvalue weighted by Crippen LogP contribution is -2.38. The van der Waals surface area contributed by atoms with E-state index in [1.807, 2.05) is 30.3 Å². The summed E-state index contributed by atoms with van der Waals surface area (Å²) in [6.45, 7) is 6.40. The minimum atomic E-state index is -0.455. The van der Waals surface area contributed by atoms with Gasteiger partial charge in [0.05, 0.1) is 12.0 Å². The Hall–Kier alpha value is -2.63. The zero-order valence-corrected chi connectivity index (χ0v) is 19.5. The van der Waals surface area contributed by atoms with Crippen molar-refractivity contribution in [3.05, 3.63) is 69.9 Å². The lowest BCUT2D eigenvalue weighted by atomic mass is 10.0. The number of esters is 1. The van der Waals surface area contributed by atoms with Crippen LogP contribution < -0.4 is 5.43 Å². The van der Waals surface area contributed by atoms with Crippen molar-refractivity contribution in [2.45, 2.75) is 45.6 Å².